The van der Waals surface area contributed by atoms with Crippen molar-refractivity contribution in [2.45, 2.75) is 64.8 Å². The molecule has 1 aliphatic carbocycles. The quantitative estimate of drug-likeness (QED) is 0.337. The molecular formula is C19H35IN4OS. The van der Waals surface area contributed by atoms with Gasteiger partial charge in [0.15, 0.2) is 5.96 Å². The maximum Gasteiger partial charge on any atom is 0.191 e. The third-order valence-corrected chi connectivity index (χ3v) is 6.30. The first-order valence-corrected chi connectivity index (χ1v) is 10.1. The fourth-order valence-corrected chi connectivity index (χ4v) is 4.26. The van der Waals surface area contributed by atoms with Gasteiger partial charge in [-0.25, -0.2) is 4.98 Å². The van der Waals surface area contributed by atoms with Crippen LogP contribution in [0.15, 0.2) is 10.4 Å². The molecule has 2 N–H and O–H groups in total. The Morgan fingerprint density at radius 1 is 1.31 bits per heavy atom. The summed E-state index contributed by atoms with van der Waals surface area (Å²) in [5.74, 6) is 0.856. The number of thiazole rings is 1. The molecule has 1 aromatic heterocycles. The monoisotopic (exact) mass is 494 g/mol. The molecule has 1 aromatic rings. The van der Waals surface area contributed by atoms with Crippen molar-refractivity contribution in [3.05, 3.63) is 16.1 Å². The van der Waals surface area contributed by atoms with Crippen LogP contribution in [0.1, 0.15) is 63.6 Å². The SMILES string of the molecule is CN=C(NCc1csc(C(C)(C)C)n1)NCC1(CCOC)CCCC1.I. The van der Waals surface area contributed by atoms with Gasteiger partial charge in [-0.3, -0.25) is 4.99 Å². The summed E-state index contributed by atoms with van der Waals surface area (Å²) in [6.07, 6.45) is 6.33. The fourth-order valence-electron chi connectivity index (χ4n) is 3.36. The molecule has 0 aliphatic heterocycles. The second-order valence-electron chi connectivity index (χ2n) is 8.12. The van der Waals surface area contributed by atoms with Crippen LogP contribution in [0.4, 0.5) is 0 Å². The second-order valence-corrected chi connectivity index (χ2v) is 8.98. The van der Waals surface area contributed by atoms with Gasteiger partial charge < -0.3 is 15.4 Å². The van der Waals surface area contributed by atoms with E-state index in [-0.39, 0.29) is 29.4 Å². The number of hydrogen-bond acceptors (Lipinski definition) is 4. The summed E-state index contributed by atoms with van der Waals surface area (Å²) < 4.78 is 5.32. The fraction of sp³-hybridized carbons (Fsp3) is 0.789. The number of aliphatic imine (C=N–C) groups is 1. The summed E-state index contributed by atoms with van der Waals surface area (Å²) >= 11 is 1.73. The van der Waals surface area contributed by atoms with Crippen molar-refractivity contribution in [3.63, 3.8) is 0 Å². The minimum absolute atomic E-state index is 0. The normalized spacial score (nSPS) is 17.0. The van der Waals surface area contributed by atoms with E-state index >= 15 is 0 Å². The first-order chi connectivity index (χ1) is 11.9. The Morgan fingerprint density at radius 2 is 2.00 bits per heavy atom. The number of aromatic nitrogens is 1. The van der Waals surface area contributed by atoms with Crippen LogP contribution in [-0.2, 0) is 16.7 Å². The van der Waals surface area contributed by atoms with Gasteiger partial charge in [0, 0.05) is 38.1 Å². The van der Waals surface area contributed by atoms with Crippen molar-refractivity contribution in [3.8, 4) is 0 Å². The summed E-state index contributed by atoms with van der Waals surface area (Å²) in [6, 6.07) is 0. The highest BCUT2D eigenvalue weighted by molar-refractivity contribution is 14.0. The van der Waals surface area contributed by atoms with Crippen molar-refractivity contribution >= 4 is 41.3 Å². The number of halogens is 1. The van der Waals surface area contributed by atoms with Crippen LogP contribution in [0, 0.1) is 5.41 Å². The highest BCUT2D eigenvalue weighted by atomic mass is 127. The minimum Gasteiger partial charge on any atom is -0.385 e. The molecule has 0 atom stereocenters. The van der Waals surface area contributed by atoms with E-state index in [4.69, 9.17) is 9.72 Å². The molecular weight excluding hydrogens is 459 g/mol. The number of rotatable bonds is 7. The molecule has 26 heavy (non-hydrogen) atoms. The summed E-state index contributed by atoms with van der Waals surface area (Å²) in [7, 11) is 3.61. The van der Waals surface area contributed by atoms with E-state index in [2.05, 4.69) is 41.8 Å². The standard InChI is InChI=1S/C19H34N4OS.HI/c1-18(2,3)16-23-15(13-25-16)12-21-17(20-4)22-14-19(10-11-24-5)8-6-7-9-19;/h13H,6-12,14H2,1-5H3,(H2,20,21,22);1H. The van der Waals surface area contributed by atoms with Crippen LogP contribution < -0.4 is 10.6 Å². The maximum atomic E-state index is 5.32. The number of guanidine groups is 1. The van der Waals surface area contributed by atoms with E-state index in [0.29, 0.717) is 12.0 Å². The topological polar surface area (TPSA) is 58.5 Å². The van der Waals surface area contributed by atoms with Gasteiger partial charge in [-0.2, -0.15) is 0 Å². The van der Waals surface area contributed by atoms with Gasteiger partial charge in [-0.1, -0.05) is 33.6 Å². The Morgan fingerprint density at radius 3 is 2.54 bits per heavy atom. The van der Waals surface area contributed by atoms with Crippen molar-refractivity contribution in [2.24, 2.45) is 10.4 Å². The molecule has 0 amide bonds. The van der Waals surface area contributed by atoms with Gasteiger partial charge >= 0.3 is 0 Å². The molecule has 150 valence electrons. The molecule has 0 saturated heterocycles. The molecule has 5 nitrogen and oxygen atoms in total. The molecule has 1 aliphatic rings. The number of nitrogens with zero attached hydrogens (tertiary/aromatic N) is 2. The third-order valence-electron chi connectivity index (χ3n) is 4.99. The number of nitrogens with one attached hydrogen (secondary N) is 2. The third kappa shape index (κ3) is 6.96. The van der Waals surface area contributed by atoms with Crippen LogP contribution >= 0.6 is 35.3 Å². The second kappa shape index (κ2) is 10.8. The van der Waals surface area contributed by atoms with E-state index in [0.717, 1.165) is 31.2 Å². The van der Waals surface area contributed by atoms with Gasteiger partial charge in [0.1, 0.15) is 0 Å². The Labute approximate surface area is 179 Å². The zero-order chi connectivity index (χ0) is 18.3. The van der Waals surface area contributed by atoms with Gasteiger partial charge in [0.2, 0.25) is 0 Å². The maximum absolute atomic E-state index is 5.32. The average molecular weight is 494 g/mol. The lowest BCUT2D eigenvalue weighted by Crippen LogP contribution is -2.43. The molecule has 1 saturated carbocycles. The molecule has 7 heteroatoms. The molecule has 0 aromatic carbocycles. The van der Waals surface area contributed by atoms with E-state index < -0.39 is 0 Å². The zero-order valence-electron chi connectivity index (χ0n) is 16.9. The van der Waals surface area contributed by atoms with Crippen LogP contribution in [0.25, 0.3) is 0 Å². The lowest BCUT2D eigenvalue weighted by atomic mass is 9.83. The largest absolute Gasteiger partial charge is 0.385 e. The molecule has 0 spiro atoms. The summed E-state index contributed by atoms with van der Waals surface area (Å²) in [5.41, 5.74) is 1.54. The lowest BCUT2D eigenvalue weighted by molar-refractivity contribution is 0.138. The van der Waals surface area contributed by atoms with Crippen molar-refractivity contribution in [1.29, 1.82) is 0 Å². The molecule has 0 radical (unpaired) electrons. The summed E-state index contributed by atoms with van der Waals surface area (Å²) in [5, 5.41) is 10.2. The highest BCUT2D eigenvalue weighted by Crippen LogP contribution is 2.40. The van der Waals surface area contributed by atoms with Crippen LogP contribution in [0.3, 0.4) is 0 Å². The predicted octanol–water partition coefficient (Wildman–Crippen LogP) is 4.32. The average Bonchev–Trinajstić information content (AvgIpc) is 3.23. The molecule has 2 rings (SSSR count). The summed E-state index contributed by atoms with van der Waals surface area (Å²) in [6.45, 7) is 9.10. The predicted molar refractivity (Wildman–Crippen MR) is 122 cm³/mol. The minimum atomic E-state index is 0. The lowest BCUT2D eigenvalue weighted by Gasteiger charge is -2.29. The van der Waals surface area contributed by atoms with Gasteiger partial charge in [0.25, 0.3) is 0 Å². The smallest absolute Gasteiger partial charge is 0.191 e. The van der Waals surface area contributed by atoms with Crippen LogP contribution in [-0.4, -0.2) is 38.3 Å². The number of hydrogen-bond donors (Lipinski definition) is 2. The van der Waals surface area contributed by atoms with E-state index in [1.165, 1.54) is 30.7 Å². The van der Waals surface area contributed by atoms with Crippen molar-refractivity contribution in [2.75, 3.05) is 27.3 Å². The van der Waals surface area contributed by atoms with Crippen molar-refractivity contribution in [1.82, 2.24) is 15.6 Å². The zero-order valence-corrected chi connectivity index (χ0v) is 20.0. The highest BCUT2D eigenvalue weighted by Gasteiger charge is 2.33. The molecule has 0 bridgehead atoms. The first-order valence-electron chi connectivity index (χ1n) is 9.27. The van der Waals surface area contributed by atoms with E-state index in [1.807, 2.05) is 7.05 Å². The number of methoxy groups -OCH3 is 1. The van der Waals surface area contributed by atoms with Crippen LogP contribution in [0.5, 0.6) is 0 Å². The Kier molecular flexibility index (Phi) is 9.82. The number of ether oxygens (including phenoxy) is 1. The van der Waals surface area contributed by atoms with E-state index in [9.17, 15) is 0 Å². The molecule has 1 fully saturated rings. The van der Waals surface area contributed by atoms with Gasteiger partial charge in [-0.05, 0) is 24.7 Å². The Hall–Kier alpha value is -0.410. The first kappa shape index (κ1) is 23.6. The van der Waals surface area contributed by atoms with E-state index in [1.54, 1.807) is 18.4 Å². The van der Waals surface area contributed by atoms with Gasteiger partial charge in [0.05, 0.1) is 17.2 Å². The Balaban J connectivity index is 0.00000338. The van der Waals surface area contributed by atoms with Gasteiger partial charge in [-0.15, -0.1) is 35.3 Å². The van der Waals surface area contributed by atoms with Crippen LogP contribution in [0.2, 0.25) is 0 Å². The Bertz CT molecular complexity index is 562. The molecule has 1 heterocycles. The summed E-state index contributed by atoms with van der Waals surface area (Å²) in [4.78, 5) is 9.11. The molecule has 0 unspecified atom stereocenters. The van der Waals surface area contributed by atoms with Crippen molar-refractivity contribution < 1.29 is 4.74 Å².